The van der Waals surface area contributed by atoms with Gasteiger partial charge in [0.15, 0.2) is 0 Å². The second-order valence-corrected chi connectivity index (χ2v) is 6.36. The first-order valence-electron chi connectivity index (χ1n) is 8.14. The fourth-order valence-corrected chi connectivity index (χ4v) is 3.25. The summed E-state index contributed by atoms with van der Waals surface area (Å²) >= 11 is 6.31. The Labute approximate surface area is 152 Å². The smallest absolute Gasteiger partial charge is 0.283 e. The van der Waals surface area contributed by atoms with Gasteiger partial charge in [0, 0.05) is 12.2 Å². The molecular weight excluding hydrogens is 336 g/mol. The number of likely N-dealkylation sites (N-methyl/N-ethyl adjacent to an activating group) is 1. The van der Waals surface area contributed by atoms with Crippen molar-refractivity contribution in [2.45, 2.75) is 20.8 Å². The second kappa shape index (κ2) is 6.73. The first kappa shape index (κ1) is 17.2. The van der Waals surface area contributed by atoms with E-state index in [2.05, 4.69) is 0 Å². The second-order valence-electron chi connectivity index (χ2n) is 5.98. The molecule has 0 bridgehead atoms. The van der Waals surface area contributed by atoms with Crippen LogP contribution in [0.3, 0.4) is 0 Å². The molecule has 0 spiro atoms. The minimum absolute atomic E-state index is 0.0448. The van der Waals surface area contributed by atoms with E-state index in [4.69, 9.17) is 11.6 Å². The van der Waals surface area contributed by atoms with Gasteiger partial charge in [0.05, 0.1) is 5.69 Å². The van der Waals surface area contributed by atoms with Gasteiger partial charge in [-0.25, -0.2) is 4.90 Å². The van der Waals surface area contributed by atoms with Crippen LogP contribution in [0.2, 0.25) is 0 Å². The van der Waals surface area contributed by atoms with Gasteiger partial charge < -0.3 is 4.90 Å². The standard InChI is InChI=1S/C20H19ClN2O2/c1-4-22(15-8-6-5-7-9-15)18-17(21)19(24)23(20(18)25)16-12-13(2)10-11-14(16)3/h5-12H,4H2,1-3H3. The molecule has 0 saturated carbocycles. The van der Waals surface area contributed by atoms with Crippen molar-refractivity contribution in [3.8, 4) is 0 Å². The molecule has 0 fully saturated rings. The van der Waals surface area contributed by atoms with Crippen molar-refractivity contribution in [1.29, 1.82) is 0 Å². The molecule has 2 amide bonds. The highest BCUT2D eigenvalue weighted by Crippen LogP contribution is 2.35. The number of benzene rings is 2. The number of halogens is 1. The fraction of sp³-hybridized carbons (Fsp3) is 0.200. The van der Waals surface area contributed by atoms with Gasteiger partial charge in [-0.15, -0.1) is 0 Å². The molecule has 1 heterocycles. The van der Waals surface area contributed by atoms with Crippen LogP contribution < -0.4 is 9.80 Å². The van der Waals surface area contributed by atoms with Crippen LogP contribution in [-0.2, 0) is 9.59 Å². The molecule has 128 valence electrons. The third-order valence-electron chi connectivity index (χ3n) is 4.26. The van der Waals surface area contributed by atoms with Crippen LogP contribution in [-0.4, -0.2) is 18.4 Å². The van der Waals surface area contributed by atoms with Crippen molar-refractivity contribution in [3.63, 3.8) is 0 Å². The van der Waals surface area contributed by atoms with Crippen LogP contribution in [0.25, 0.3) is 0 Å². The summed E-state index contributed by atoms with van der Waals surface area (Å²) in [4.78, 5) is 28.8. The molecule has 3 rings (SSSR count). The number of hydrogen-bond donors (Lipinski definition) is 0. The number of rotatable bonds is 4. The van der Waals surface area contributed by atoms with Gasteiger partial charge in [-0.1, -0.05) is 41.9 Å². The number of nitrogens with zero attached hydrogens (tertiary/aromatic N) is 2. The van der Waals surface area contributed by atoms with E-state index >= 15 is 0 Å². The molecule has 1 aliphatic rings. The molecule has 2 aromatic rings. The molecule has 25 heavy (non-hydrogen) atoms. The normalized spacial score (nSPS) is 14.5. The molecule has 0 saturated heterocycles. The number of anilines is 2. The summed E-state index contributed by atoms with van der Waals surface area (Å²) < 4.78 is 0. The average molecular weight is 355 g/mol. The van der Waals surface area contributed by atoms with Crippen LogP contribution in [0.4, 0.5) is 11.4 Å². The van der Waals surface area contributed by atoms with Crippen molar-refractivity contribution in [2.24, 2.45) is 0 Å². The summed E-state index contributed by atoms with van der Waals surface area (Å²) in [6.07, 6.45) is 0. The Morgan fingerprint density at radius 3 is 2.32 bits per heavy atom. The summed E-state index contributed by atoms with van der Waals surface area (Å²) in [5.41, 5.74) is 3.44. The average Bonchev–Trinajstić information content (AvgIpc) is 2.83. The molecule has 0 radical (unpaired) electrons. The maximum atomic E-state index is 13.1. The summed E-state index contributed by atoms with van der Waals surface area (Å²) in [7, 11) is 0. The predicted octanol–water partition coefficient (Wildman–Crippen LogP) is 4.15. The zero-order valence-corrected chi connectivity index (χ0v) is 15.2. The summed E-state index contributed by atoms with van der Waals surface area (Å²) in [6.45, 7) is 6.24. The van der Waals surface area contributed by atoms with Gasteiger partial charge in [0.25, 0.3) is 11.8 Å². The van der Waals surface area contributed by atoms with Gasteiger partial charge >= 0.3 is 0 Å². The van der Waals surface area contributed by atoms with Crippen molar-refractivity contribution >= 4 is 34.8 Å². The highest BCUT2D eigenvalue weighted by atomic mass is 35.5. The highest BCUT2D eigenvalue weighted by molar-refractivity contribution is 6.53. The minimum atomic E-state index is -0.482. The van der Waals surface area contributed by atoms with Gasteiger partial charge in [-0.2, -0.15) is 0 Å². The van der Waals surface area contributed by atoms with E-state index in [-0.39, 0.29) is 10.7 Å². The van der Waals surface area contributed by atoms with Crippen molar-refractivity contribution < 1.29 is 9.59 Å². The van der Waals surface area contributed by atoms with Gasteiger partial charge in [-0.05, 0) is 50.1 Å². The first-order valence-corrected chi connectivity index (χ1v) is 8.52. The Bertz CT molecular complexity index is 875. The Hall–Kier alpha value is -2.59. The van der Waals surface area contributed by atoms with E-state index in [1.54, 1.807) is 4.90 Å². The van der Waals surface area contributed by atoms with E-state index in [1.165, 1.54) is 4.90 Å². The molecule has 0 N–H and O–H groups in total. The third-order valence-corrected chi connectivity index (χ3v) is 4.60. The van der Waals surface area contributed by atoms with E-state index in [0.717, 1.165) is 16.8 Å². The van der Waals surface area contributed by atoms with E-state index in [0.29, 0.717) is 12.2 Å². The number of amides is 2. The lowest BCUT2D eigenvalue weighted by molar-refractivity contribution is -0.120. The zero-order chi connectivity index (χ0) is 18.1. The lowest BCUT2D eigenvalue weighted by atomic mass is 10.1. The molecule has 4 nitrogen and oxygen atoms in total. The maximum Gasteiger partial charge on any atom is 0.283 e. The molecule has 0 aliphatic carbocycles. The Morgan fingerprint density at radius 1 is 1.00 bits per heavy atom. The number of carbonyl (C=O) groups excluding carboxylic acids is 2. The quantitative estimate of drug-likeness (QED) is 0.774. The summed E-state index contributed by atoms with van der Waals surface area (Å²) in [5, 5.41) is -0.0448. The molecular formula is C20H19ClN2O2. The number of para-hydroxylation sites is 1. The molecule has 0 aromatic heterocycles. The van der Waals surface area contributed by atoms with Crippen LogP contribution >= 0.6 is 11.6 Å². The molecule has 2 aromatic carbocycles. The summed E-state index contributed by atoms with van der Waals surface area (Å²) in [5.74, 6) is -0.876. The first-order chi connectivity index (χ1) is 12.0. The number of imide groups is 1. The van der Waals surface area contributed by atoms with Crippen molar-refractivity contribution in [2.75, 3.05) is 16.3 Å². The fourth-order valence-electron chi connectivity index (χ4n) is 2.98. The third kappa shape index (κ3) is 2.94. The lowest BCUT2D eigenvalue weighted by Gasteiger charge is -2.24. The number of carbonyl (C=O) groups is 2. The molecule has 1 aliphatic heterocycles. The number of aryl methyl sites for hydroxylation is 2. The van der Waals surface area contributed by atoms with Crippen molar-refractivity contribution in [1.82, 2.24) is 0 Å². The Balaban J connectivity index is 2.06. The van der Waals surface area contributed by atoms with Crippen LogP contribution in [0, 0.1) is 13.8 Å². The Morgan fingerprint density at radius 2 is 1.68 bits per heavy atom. The van der Waals surface area contributed by atoms with E-state index in [9.17, 15) is 9.59 Å². The van der Waals surface area contributed by atoms with Crippen LogP contribution in [0.1, 0.15) is 18.1 Å². The maximum absolute atomic E-state index is 13.1. The zero-order valence-electron chi connectivity index (χ0n) is 14.4. The van der Waals surface area contributed by atoms with E-state index < -0.39 is 11.8 Å². The highest BCUT2D eigenvalue weighted by Gasteiger charge is 2.41. The molecule has 0 atom stereocenters. The predicted molar refractivity (Wildman–Crippen MR) is 101 cm³/mol. The summed E-state index contributed by atoms with van der Waals surface area (Å²) in [6, 6.07) is 15.1. The van der Waals surface area contributed by atoms with Crippen molar-refractivity contribution in [3.05, 3.63) is 70.4 Å². The largest absolute Gasteiger partial charge is 0.336 e. The van der Waals surface area contributed by atoms with E-state index in [1.807, 2.05) is 69.3 Å². The van der Waals surface area contributed by atoms with Crippen LogP contribution in [0.5, 0.6) is 0 Å². The Kier molecular flexibility index (Phi) is 4.64. The topological polar surface area (TPSA) is 40.6 Å². The number of hydrogen-bond acceptors (Lipinski definition) is 3. The molecule has 5 heteroatoms. The lowest BCUT2D eigenvalue weighted by Crippen LogP contribution is -2.35. The van der Waals surface area contributed by atoms with Crippen LogP contribution in [0.15, 0.2) is 59.3 Å². The SMILES string of the molecule is CCN(C1=C(Cl)C(=O)N(c2cc(C)ccc2C)C1=O)c1ccccc1. The monoisotopic (exact) mass is 354 g/mol. The minimum Gasteiger partial charge on any atom is -0.336 e. The van der Waals surface area contributed by atoms with Gasteiger partial charge in [-0.3, -0.25) is 9.59 Å². The van der Waals surface area contributed by atoms with Gasteiger partial charge in [0.1, 0.15) is 10.7 Å². The van der Waals surface area contributed by atoms with Gasteiger partial charge in [0.2, 0.25) is 0 Å². The molecule has 0 unspecified atom stereocenters.